The van der Waals surface area contributed by atoms with Gasteiger partial charge in [0.15, 0.2) is 0 Å². The Labute approximate surface area is 298 Å². The van der Waals surface area contributed by atoms with Crippen molar-refractivity contribution in [3.8, 4) is 0 Å². The van der Waals surface area contributed by atoms with Crippen LogP contribution in [0.3, 0.4) is 0 Å². The smallest absolute Gasteiger partial charge is 0.336 e. The molecule has 0 aliphatic heterocycles. The fraction of sp³-hybridized carbons (Fsp3) is 0.735. The molecule has 6 atom stereocenters. The third-order valence-corrected chi connectivity index (χ3v) is 9.98. The second kappa shape index (κ2) is 19.7. The highest BCUT2D eigenvalue weighted by atomic mass is 16.5. The minimum atomic E-state index is -1.16. The zero-order valence-corrected chi connectivity index (χ0v) is 29.6. The van der Waals surface area contributed by atoms with Crippen molar-refractivity contribution >= 4 is 35.8 Å². The summed E-state index contributed by atoms with van der Waals surface area (Å²) in [6.07, 6.45) is 4.60. The lowest BCUT2D eigenvalue weighted by atomic mass is 9.79. The van der Waals surface area contributed by atoms with Gasteiger partial charge >= 0.3 is 52.9 Å². The van der Waals surface area contributed by atoms with Crippen molar-refractivity contribution in [3.05, 3.63) is 31.5 Å². The zero-order valence-electron chi connectivity index (χ0n) is 29.6. The second-order valence-corrected chi connectivity index (χ2v) is 13.2. The van der Waals surface area contributed by atoms with Crippen molar-refractivity contribution in [2.75, 3.05) is 19.8 Å². The third kappa shape index (κ3) is 10.4. The van der Waals surface area contributed by atoms with Gasteiger partial charge in [0.1, 0.15) is 19.8 Å². The Morgan fingerprint density at radius 3 is 1.29 bits per heavy atom. The summed E-state index contributed by atoms with van der Waals surface area (Å²) in [5.41, 5.74) is -3.40. The number of carbonyl (C=O) groups is 6. The molecule has 0 spiro atoms. The quantitative estimate of drug-likeness (QED) is 0.133. The Morgan fingerprint density at radius 2 is 0.962 bits per heavy atom. The lowest BCUT2D eigenvalue weighted by Gasteiger charge is -2.26. The Bertz CT molecular complexity index is 1550. The second-order valence-electron chi connectivity index (χ2n) is 13.2. The summed E-state index contributed by atoms with van der Waals surface area (Å²) in [5, 5.41) is 28.6. The maximum atomic E-state index is 13.5. The van der Waals surface area contributed by atoms with E-state index in [1.807, 2.05) is 0 Å². The molecule has 1 aromatic rings. The minimum absolute atomic E-state index is 0.160. The van der Waals surface area contributed by atoms with Gasteiger partial charge in [0.25, 0.3) is 0 Å². The van der Waals surface area contributed by atoms with E-state index in [4.69, 9.17) is 14.2 Å². The van der Waals surface area contributed by atoms with Crippen LogP contribution in [0.5, 0.6) is 0 Å². The van der Waals surface area contributed by atoms with Crippen LogP contribution in [0.1, 0.15) is 84.5 Å². The van der Waals surface area contributed by atoms with Crippen molar-refractivity contribution in [3.63, 3.8) is 0 Å². The molecule has 0 radical (unpaired) electrons. The van der Waals surface area contributed by atoms with E-state index in [9.17, 15) is 58.5 Å². The maximum absolute atomic E-state index is 13.5. The number of carboxylic acid groups (broad SMARTS) is 3. The van der Waals surface area contributed by atoms with Gasteiger partial charge in [-0.1, -0.05) is 46.0 Å². The molecular weight excluding hydrogens is 690 g/mol. The Morgan fingerprint density at radius 1 is 0.596 bits per heavy atom. The van der Waals surface area contributed by atoms with E-state index >= 15 is 0 Å². The predicted molar refractivity (Wildman–Crippen MR) is 178 cm³/mol. The van der Waals surface area contributed by atoms with Crippen LogP contribution in [-0.2, 0) is 62.6 Å². The molecule has 0 bridgehead atoms. The SMILES string of the molecule is CCCC(C(=O)O)C(CC)C(=O)OCCn1c(=O)n(CCOC(=O)C2CCCCC2C(=O)O)c(=O)n(CCOC(=O)C2CCCCC2C(=O)O)c1=O. The van der Waals surface area contributed by atoms with Crippen LogP contribution in [0, 0.1) is 35.5 Å². The van der Waals surface area contributed by atoms with Crippen molar-refractivity contribution < 1.29 is 58.3 Å². The summed E-state index contributed by atoms with van der Waals surface area (Å²) in [7, 11) is 0. The van der Waals surface area contributed by atoms with Gasteiger partial charge in [0.05, 0.1) is 55.1 Å². The molecule has 52 heavy (non-hydrogen) atoms. The van der Waals surface area contributed by atoms with Crippen LogP contribution >= 0.6 is 0 Å². The average Bonchev–Trinajstić information content (AvgIpc) is 3.12. The van der Waals surface area contributed by atoms with Gasteiger partial charge in [0.2, 0.25) is 0 Å². The highest BCUT2D eigenvalue weighted by molar-refractivity contribution is 5.82. The number of hydrogen-bond acceptors (Lipinski definition) is 12. The third-order valence-electron chi connectivity index (χ3n) is 9.98. The molecule has 1 aromatic heterocycles. The summed E-state index contributed by atoms with van der Waals surface area (Å²) in [4.78, 5) is 114. The topological polar surface area (TPSA) is 257 Å². The number of esters is 3. The number of carbonyl (C=O) groups excluding carboxylic acids is 3. The Kier molecular flexibility index (Phi) is 15.8. The first-order valence-electron chi connectivity index (χ1n) is 17.9. The molecular formula is C34H49N3O15. The monoisotopic (exact) mass is 739 g/mol. The lowest BCUT2D eigenvalue weighted by molar-refractivity contribution is -0.160. The van der Waals surface area contributed by atoms with E-state index in [2.05, 4.69) is 0 Å². The molecule has 3 N–H and O–H groups in total. The Hall–Kier alpha value is -4.77. The van der Waals surface area contributed by atoms with Crippen LogP contribution in [0.15, 0.2) is 14.4 Å². The van der Waals surface area contributed by atoms with Gasteiger partial charge in [-0.25, -0.2) is 28.1 Å². The van der Waals surface area contributed by atoms with Crippen molar-refractivity contribution in [2.45, 2.75) is 104 Å². The molecule has 290 valence electrons. The van der Waals surface area contributed by atoms with Crippen LogP contribution in [0.4, 0.5) is 0 Å². The maximum Gasteiger partial charge on any atom is 0.336 e. The minimum Gasteiger partial charge on any atom is -0.481 e. The molecule has 6 unspecified atom stereocenters. The number of hydrogen-bond donors (Lipinski definition) is 3. The molecule has 2 fully saturated rings. The first-order chi connectivity index (χ1) is 24.7. The predicted octanol–water partition coefficient (Wildman–Crippen LogP) is 1.11. The molecule has 0 aromatic carbocycles. The number of rotatable bonds is 19. The van der Waals surface area contributed by atoms with E-state index in [1.54, 1.807) is 13.8 Å². The zero-order chi connectivity index (χ0) is 38.5. The van der Waals surface area contributed by atoms with Gasteiger partial charge < -0.3 is 29.5 Å². The number of aliphatic carboxylic acids is 3. The van der Waals surface area contributed by atoms with E-state index in [-0.39, 0.29) is 12.8 Å². The highest BCUT2D eigenvalue weighted by Crippen LogP contribution is 2.32. The van der Waals surface area contributed by atoms with Crippen LogP contribution < -0.4 is 17.1 Å². The lowest BCUT2D eigenvalue weighted by Crippen LogP contribution is -2.55. The number of nitrogens with zero attached hydrogens (tertiary/aromatic N) is 3. The standard InChI is InChI=1S/C34H49N3O15/c1-3-9-21(26(38)39)20(4-2)29(44)50-17-14-35-32(47)36(15-18-51-30(45)24-12-7-5-10-22(24)27(40)41)34(49)37(33(35)48)16-19-52-31(46)25-13-8-6-11-23(25)28(42)43/h20-25H,3-19H2,1-2H3,(H,38,39)(H,40,41)(H,42,43). The first kappa shape index (κ1) is 41.6. The molecule has 2 saturated carbocycles. The average molecular weight is 740 g/mol. The molecule has 1 heterocycles. The summed E-state index contributed by atoms with van der Waals surface area (Å²) < 4.78 is 17.6. The molecule has 3 rings (SSSR count). The summed E-state index contributed by atoms with van der Waals surface area (Å²) in [6.45, 7) is 0.192. The van der Waals surface area contributed by atoms with Crippen molar-refractivity contribution in [1.29, 1.82) is 0 Å². The van der Waals surface area contributed by atoms with Crippen LogP contribution in [-0.4, -0.2) is 84.7 Å². The summed E-state index contributed by atoms with van der Waals surface area (Å²) in [6, 6.07) is 0. The van der Waals surface area contributed by atoms with E-state index in [0.717, 1.165) is 0 Å². The first-order valence-corrected chi connectivity index (χ1v) is 17.9. The summed E-state index contributed by atoms with van der Waals surface area (Å²) >= 11 is 0. The van der Waals surface area contributed by atoms with E-state index in [0.29, 0.717) is 71.5 Å². The summed E-state index contributed by atoms with van der Waals surface area (Å²) in [5.74, 6) is -11.6. The molecule has 0 amide bonds. The molecule has 18 heteroatoms. The number of carboxylic acids is 3. The molecule has 0 saturated heterocycles. The van der Waals surface area contributed by atoms with Crippen molar-refractivity contribution in [2.24, 2.45) is 35.5 Å². The van der Waals surface area contributed by atoms with E-state index < -0.39 is 128 Å². The van der Waals surface area contributed by atoms with E-state index in [1.165, 1.54) is 0 Å². The number of ether oxygens (including phenoxy) is 3. The largest absolute Gasteiger partial charge is 0.481 e. The van der Waals surface area contributed by atoms with Gasteiger partial charge in [0, 0.05) is 0 Å². The van der Waals surface area contributed by atoms with Gasteiger partial charge in [-0.3, -0.25) is 28.8 Å². The van der Waals surface area contributed by atoms with Crippen molar-refractivity contribution in [1.82, 2.24) is 13.7 Å². The molecule has 2 aliphatic rings. The highest BCUT2D eigenvalue weighted by Gasteiger charge is 2.38. The fourth-order valence-corrected chi connectivity index (χ4v) is 7.13. The molecule has 2 aliphatic carbocycles. The van der Waals surface area contributed by atoms with Gasteiger partial charge in [-0.2, -0.15) is 0 Å². The Balaban J connectivity index is 1.83. The molecule has 18 nitrogen and oxygen atoms in total. The normalized spacial score (nSPS) is 21.3. The van der Waals surface area contributed by atoms with Gasteiger partial charge in [-0.05, 0) is 38.5 Å². The van der Waals surface area contributed by atoms with Crippen LogP contribution in [0.25, 0.3) is 0 Å². The number of aromatic nitrogens is 3. The van der Waals surface area contributed by atoms with Crippen LogP contribution in [0.2, 0.25) is 0 Å². The van der Waals surface area contributed by atoms with Gasteiger partial charge in [-0.15, -0.1) is 0 Å². The fourth-order valence-electron chi connectivity index (χ4n) is 7.13.